The quantitative estimate of drug-likeness (QED) is 0.786. The summed E-state index contributed by atoms with van der Waals surface area (Å²) >= 11 is 0. The minimum absolute atomic E-state index is 0. The lowest BCUT2D eigenvalue weighted by atomic mass is 9.71. The second kappa shape index (κ2) is 7.46. The fourth-order valence-corrected chi connectivity index (χ4v) is 4.01. The second-order valence-corrected chi connectivity index (χ2v) is 7.84. The van der Waals surface area contributed by atoms with Crippen molar-refractivity contribution >= 4 is 12.4 Å². The van der Waals surface area contributed by atoms with Crippen LogP contribution in [0.1, 0.15) is 38.3 Å². The van der Waals surface area contributed by atoms with Gasteiger partial charge in [0.05, 0.1) is 17.6 Å². The summed E-state index contributed by atoms with van der Waals surface area (Å²) < 4.78 is 0. The van der Waals surface area contributed by atoms with Gasteiger partial charge < -0.3 is 15.5 Å². The molecule has 0 radical (unpaired) electrons. The molecule has 0 amide bonds. The number of nitrogens with one attached hydrogen (secondary N) is 1. The molecule has 1 fully saturated rings. The molecule has 0 heterocycles. The maximum absolute atomic E-state index is 11.1. The normalized spacial score (nSPS) is 25.4. The van der Waals surface area contributed by atoms with Crippen molar-refractivity contribution in [1.29, 1.82) is 0 Å². The number of halogens is 1. The van der Waals surface area contributed by atoms with Gasteiger partial charge in [-0.05, 0) is 38.3 Å². The zero-order valence-electron chi connectivity index (χ0n) is 15.0. The summed E-state index contributed by atoms with van der Waals surface area (Å²) in [6, 6.07) is 19.9. The van der Waals surface area contributed by atoms with Gasteiger partial charge in [0.15, 0.2) is 0 Å². The van der Waals surface area contributed by atoms with Crippen LogP contribution in [0.3, 0.4) is 0 Å². The van der Waals surface area contributed by atoms with Crippen LogP contribution in [0, 0.1) is 0 Å². The van der Waals surface area contributed by atoms with Crippen LogP contribution in [0.4, 0.5) is 0 Å². The molecule has 1 aliphatic carbocycles. The molecule has 0 unspecified atom stereocenters. The van der Waals surface area contributed by atoms with Crippen LogP contribution in [-0.4, -0.2) is 34.0 Å². The zero-order chi connectivity index (χ0) is 17.4. The maximum Gasteiger partial charge on any atom is 0.0964 e. The van der Waals surface area contributed by atoms with E-state index in [1.165, 1.54) is 0 Å². The molecule has 0 aromatic heterocycles. The minimum Gasteiger partial charge on any atom is -0.389 e. The number of aliphatic hydroxyl groups excluding tert-OH is 2. The molecular formula is C21H28ClNO2. The van der Waals surface area contributed by atoms with Gasteiger partial charge in [0.1, 0.15) is 0 Å². The van der Waals surface area contributed by atoms with E-state index in [1.54, 1.807) is 0 Å². The third kappa shape index (κ3) is 3.75. The molecule has 1 saturated carbocycles. The van der Waals surface area contributed by atoms with E-state index < -0.39 is 17.6 Å². The highest BCUT2D eigenvalue weighted by Crippen LogP contribution is 2.47. The number of aliphatic hydroxyl groups is 2. The van der Waals surface area contributed by atoms with E-state index in [-0.39, 0.29) is 24.0 Å². The Labute approximate surface area is 156 Å². The fourth-order valence-electron chi connectivity index (χ4n) is 4.01. The summed E-state index contributed by atoms with van der Waals surface area (Å²) in [6.45, 7) is 6.24. The maximum atomic E-state index is 11.1. The summed E-state index contributed by atoms with van der Waals surface area (Å²) in [5, 5.41) is 25.3. The topological polar surface area (TPSA) is 52.5 Å². The van der Waals surface area contributed by atoms with Gasteiger partial charge in [-0.1, -0.05) is 60.7 Å². The van der Waals surface area contributed by atoms with Crippen LogP contribution >= 0.6 is 12.4 Å². The molecule has 2 aromatic carbocycles. The average Bonchev–Trinajstić information content (AvgIpc) is 2.81. The molecule has 3 nitrogen and oxygen atoms in total. The van der Waals surface area contributed by atoms with Gasteiger partial charge >= 0.3 is 0 Å². The molecule has 0 aliphatic heterocycles. The standard InChI is InChI=1S/C21H27NO2.ClH/c1-20(2,3)22-17-14-21(19(24)18(17)23,15-10-6-4-7-11-15)16-12-8-5-9-13-16;/h4-13,17-19,22-24H,14H2,1-3H3;1H/t17-,18+,19+;/m1./s1. The molecule has 3 N–H and O–H groups in total. The van der Waals surface area contributed by atoms with Gasteiger partial charge in [-0.15, -0.1) is 12.4 Å². The summed E-state index contributed by atoms with van der Waals surface area (Å²) in [6.07, 6.45) is -1.02. The highest BCUT2D eigenvalue weighted by Gasteiger charge is 2.54. The first-order valence-corrected chi connectivity index (χ1v) is 8.59. The molecule has 3 rings (SSSR count). The van der Waals surface area contributed by atoms with Crippen LogP contribution in [-0.2, 0) is 5.41 Å². The van der Waals surface area contributed by atoms with Crippen molar-refractivity contribution in [2.75, 3.05) is 0 Å². The molecule has 25 heavy (non-hydrogen) atoms. The third-order valence-corrected chi connectivity index (χ3v) is 4.98. The first kappa shape index (κ1) is 19.9. The fraction of sp³-hybridized carbons (Fsp3) is 0.429. The molecule has 2 aromatic rings. The largest absolute Gasteiger partial charge is 0.389 e. The van der Waals surface area contributed by atoms with Crippen molar-refractivity contribution in [2.24, 2.45) is 0 Å². The Hall–Kier alpha value is -1.39. The first-order valence-electron chi connectivity index (χ1n) is 8.59. The molecule has 0 bridgehead atoms. The first-order chi connectivity index (χ1) is 11.3. The number of rotatable bonds is 3. The lowest BCUT2D eigenvalue weighted by molar-refractivity contribution is 0.00617. The summed E-state index contributed by atoms with van der Waals surface area (Å²) in [5.41, 5.74) is 1.35. The molecule has 0 spiro atoms. The molecule has 4 heteroatoms. The third-order valence-electron chi connectivity index (χ3n) is 4.98. The monoisotopic (exact) mass is 361 g/mol. The van der Waals surface area contributed by atoms with Crippen LogP contribution in [0.5, 0.6) is 0 Å². The molecule has 0 saturated heterocycles. The molecular weight excluding hydrogens is 334 g/mol. The van der Waals surface area contributed by atoms with Crippen molar-refractivity contribution < 1.29 is 10.2 Å². The van der Waals surface area contributed by atoms with E-state index in [1.807, 2.05) is 60.7 Å². The van der Waals surface area contributed by atoms with Crippen LogP contribution in [0.25, 0.3) is 0 Å². The Bertz CT molecular complexity index is 630. The molecule has 136 valence electrons. The lowest BCUT2D eigenvalue weighted by Gasteiger charge is -2.34. The van der Waals surface area contributed by atoms with Gasteiger partial charge in [-0.3, -0.25) is 0 Å². The predicted octanol–water partition coefficient (Wildman–Crippen LogP) is 3.28. The lowest BCUT2D eigenvalue weighted by Crippen LogP contribution is -2.49. The van der Waals surface area contributed by atoms with Crippen molar-refractivity contribution in [3.05, 3.63) is 71.8 Å². The van der Waals surface area contributed by atoms with Crippen molar-refractivity contribution in [1.82, 2.24) is 5.32 Å². The van der Waals surface area contributed by atoms with Crippen molar-refractivity contribution in [3.63, 3.8) is 0 Å². The smallest absolute Gasteiger partial charge is 0.0964 e. The van der Waals surface area contributed by atoms with Crippen molar-refractivity contribution in [3.8, 4) is 0 Å². The summed E-state index contributed by atoms with van der Waals surface area (Å²) in [4.78, 5) is 0. The van der Waals surface area contributed by atoms with Gasteiger partial charge in [0.25, 0.3) is 0 Å². The molecule has 1 aliphatic rings. The van der Waals surface area contributed by atoms with Gasteiger partial charge in [-0.25, -0.2) is 0 Å². The zero-order valence-corrected chi connectivity index (χ0v) is 15.8. The Kier molecular flexibility index (Phi) is 5.95. The Morgan fingerprint density at radius 1 is 0.880 bits per heavy atom. The van der Waals surface area contributed by atoms with E-state index in [0.717, 1.165) is 11.1 Å². The number of benzene rings is 2. The van der Waals surface area contributed by atoms with Gasteiger partial charge in [-0.2, -0.15) is 0 Å². The van der Waals surface area contributed by atoms with Crippen LogP contribution < -0.4 is 5.32 Å². The number of hydrogen-bond donors (Lipinski definition) is 3. The Balaban J connectivity index is 0.00000225. The highest BCUT2D eigenvalue weighted by molar-refractivity contribution is 5.85. The van der Waals surface area contributed by atoms with E-state index in [0.29, 0.717) is 6.42 Å². The minimum atomic E-state index is -0.859. The summed E-state index contributed by atoms with van der Waals surface area (Å²) in [5.74, 6) is 0. The van der Waals surface area contributed by atoms with Crippen LogP contribution in [0.15, 0.2) is 60.7 Å². The van der Waals surface area contributed by atoms with Crippen LogP contribution in [0.2, 0.25) is 0 Å². The molecule has 3 atom stereocenters. The predicted molar refractivity (Wildman–Crippen MR) is 104 cm³/mol. The average molecular weight is 362 g/mol. The van der Waals surface area contributed by atoms with Gasteiger partial charge in [0.2, 0.25) is 0 Å². The van der Waals surface area contributed by atoms with E-state index in [4.69, 9.17) is 0 Å². The SMILES string of the molecule is CC(C)(C)N[C@@H]1CC(c2ccccc2)(c2ccccc2)[C@@H](O)[C@H]1O.Cl. The van der Waals surface area contributed by atoms with Gasteiger partial charge in [0, 0.05) is 11.6 Å². The Morgan fingerprint density at radius 3 is 1.72 bits per heavy atom. The second-order valence-electron chi connectivity index (χ2n) is 7.84. The van der Waals surface area contributed by atoms with Crippen molar-refractivity contribution in [2.45, 2.75) is 56.4 Å². The van der Waals surface area contributed by atoms with E-state index in [9.17, 15) is 10.2 Å². The number of hydrogen-bond acceptors (Lipinski definition) is 3. The van der Waals surface area contributed by atoms with E-state index in [2.05, 4.69) is 26.1 Å². The highest BCUT2D eigenvalue weighted by atomic mass is 35.5. The summed E-state index contributed by atoms with van der Waals surface area (Å²) in [7, 11) is 0. The van der Waals surface area contributed by atoms with E-state index >= 15 is 0 Å². The Morgan fingerprint density at radius 2 is 1.32 bits per heavy atom.